The van der Waals surface area contributed by atoms with E-state index in [1.807, 2.05) is 114 Å². The molecule has 182 valence electrons. The Labute approximate surface area is 222 Å². The Hall–Kier alpha value is -4.95. The van der Waals surface area contributed by atoms with Gasteiger partial charge < -0.3 is 4.90 Å². The molecule has 0 aromatic heterocycles. The van der Waals surface area contributed by atoms with Crippen LogP contribution < -0.4 is 4.90 Å². The van der Waals surface area contributed by atoms with Crippen LogP contribution in [0.4, 0.5) is 21.5 Å². The first-order valence-electron chi connectivity index (χ1n) is 12.7. The summed E-state index contributed by atoms with van der Waals surface area (Å²) in [4.78, 5) is 2.04. The van der Waals surface area contributed by atoms with E-state index >= 15 is 4.39 Å². The van der Waals surface area contributed by atoms with Crippen molar-refractivity contribution in [1.29, 1.82) is 0 Å². The molecule has 0 aliphatic heterocycles. The Morgan fingerprint density at radius 1 is 0.553 bits per heavy atom. The van der Waals surface area contributed by atoms with E-state index < -0.39 is 0 Å². The van der Waals surface area contributed by atoms with Crippen molar-refractivity contribution >= 4 is 33.9 Å². The summed E-state index contributed by atoms with van der Waals surface area (Å²) < 4.78 is 16.6. The molecule has 0 spiro atoms. The van der Waals surface area contributed by atoms with Crippen molar-refractivity contribution in [2.75, 3.05) is 4.90 Å². The molecule has 0 aliphatic rings. The van der Waals surface area contributed by atoms with Gasteiger partial charge in [-0.15, -0.1) is 0 Å². The highest BCUT2D eigenvalue weighted by molar-refractivity contribution is 6.04. The lowest BCUT2D eigenvalue weighted by molar-refractivity contribution is 0.630. The van der Waals surface area contributed by atoms with Crippen molar-refractivity contribution in [3.8, 4) is 22.3 Å². The fraction of sp³-hybridized carbons (Fsp3) is 0. The summed E-state index contributed by atoms with van der Waals surface area (Å²) in [5.41, 5.74) is 6.93. The third-order valence-electron chi connectivity index (χ3n) is 6.89. The smallest absolute Gasteiger partial charge is 0.148 e. The maximum Gasteiger partial charge on any atom is 0.148 e. The van der Waals surface area contributed by atoms with E-state index in [1.54, 1.807) is 6.07 Å². The van der Waals surface area contributed by atoms with Crippen LogP contribution in [0.1, 0.15) is 5.56 Å². The lowest BCUT2D eigenvalue weighted by Crippen LogP contribution is -2.14. The molecule has 1 nitrogen and oxygen atoms in total. The van der Waals surface area contributed by atoms with Gasteiger partial charge in [0, 0.05) is 16.6 Å². The van der Waals surface area contributed by atoms with Crippen molar-refractivity contribution in [3.05, 3.63) is 157 Å². The number of nitrogens with zero attached hydrogens (tertiary/aromatic N) is 1. The van der Waals surface area contributed by atoms with Gasteiger partial charge in [0.2, 0.25) is 0 Å². The molecule has 38 heavy (non-hydrogen) atoms. The van der Waals surface area contributed by atoms with Gasteiger partial charge in [-0.3, -0.25) is 0 Å². The average molecular weight is 492 g/mol. The van der Waals surface area contributed by atoms with Crippen LogP contribution >= 0.6 is 0 Å². The molecular formula is C36H26FN. The SMILES string of the molecule is C=Cc1ccc(N(c2ccccc2)c2c(F)cc(-c3ccccc3)cc2-c2ccccc2)c2ccccc12. The van der Waals surface area contributed by atoms with E-state index in [9.17, 15) is 0 Å². The zero-order valence-electron chi connectivity index (χ0n) is 20.9. The monoisotopic (exact) mass is 491 g/mol. The molecular weight excluding hydrogens is 465 g/mol. The maximum absolute atomic E-state index is 16.6. The molecule has 0 heterocycles. The molecule has 0 unspecified atom stereocenters. The van der Waals surface area contributed by atoms with Crippen molar-refractivity contribution < 1.29 is 4.39 Å². The van der Waals surface area contributed by atoms with Crippen LogP contribution in [-0.2, 0) is 0 Å². The minimum atomic E-state index is -0.286. The zero-order chi connectivity index (χ0) is 25.9. The number of hydrogen-bond acceptors (Lipinski definition) is 1. The van der Waals surface area contributed by atoms with E-state index in [0.29, 0.717) is 5.69 Å². The molecule has 6 aromatic rings. The number of hydrogen-bond donors (Lipinski definition) is 0. The summed E-state index contributed by atoms with van der Waals surface area (Å²) in [6.45, 7) is 4.00. The van der Waals surface area contributed by atoms with Crippen LogP contribution in [0.15, 0.2) is 146 Å². The summed E-state index contributed by atoms with van der Waals surface area (Å²) in [7, 11) is 0. The van der Waals surface area contributed by atoms with Crippen molar-refractivity contribution in [1.82, 2.24) is 0 Å². The van der Waals surface area contributed by atoms with Gasteiger partial charge in [-0.1, -0.05) is 122 Å². The first kappa shape index (κ1) is 23.4. The molecule has 2 heteroatoms. The fourth-order valence-electron chi connectivity index (χ4n) is 5.11. The van der Waals surface area contributed by atoms with Crippen LogP contribution in [0.25, 0.3) is 39.1 Å². The number of benzene rings is 6. The second-order valence-electron chi connectivity index (χ2n) is 9.18. The van der Waals surface area contributed by atoms with Gasteiger partial charge in [0.25, 0.3) is 0 Å². The Kier molecular flexibility index (Phi) is 6.29. The molecule has 6 aromatic carbocycles. The quantitative estimate of drug-likeness (QED) is 0.224. The highest BCUT2D eigenvalue weighted by Gasteiger charge is 2.24. The topological polar surface area (TPSA) is 3.24 Å². The van der Waals surface area contributed by atoms with Crippen LogP contribution in [-0.4, -0.2) is 0 Å². The molecule has 0 fully saturated rings. The van der Waals surface area contributed by atoms with Crippen LogP contribution in [0.2, 0.25) is 0 Å². The molecule has 0 radical (unpaired) electrons. The standard InChI is InChI=1S/C36H26FN/c1-2-26-22-23-35(32-21-13-12-20-31(26)32)38(30-18-10-5-11-19-30)36-33(28-16-8-4-9-17-28)24-29(25-34(36)37)27-14-6-3-7-15-27/h2-25H,1H2. The van der Waals surface area contributed by atoms with Crippen molar-refractivity contribution in [2.45, 2.75) is 0 Å². The number of halogens is 1. The fourth-order valence-corrected chi connectivity index (χ4v) is 5.11. The van der Waals surface area contributed by atoms with Gasteiger partial charge in [0.1, 0.15) is 5.82 Å². The highest BCUT2D eigenvalue weighted by atomic mass is 19.1. The van der Waals surface area contributed by atoms with Gasteiger partial charge in [-0.25, -0.2) is 4.39 Å². The molecule has 0 saturated heterocycles. The van der Waals surface area contributed by atoms with Crippen LogP contribution in [0.3, 0.4) is 0 Å². The Bertz CT molecular complexity index is 1720. The third kappa shape index (κ3) is 4.27. The molecule has 6 rings (SSSR count). The van der Waals surface area contributed by atoms with Gasteiger partial charge >= 0.3 is 0 Å². The predicted molar refractivity (Wildman–Crippen MR) is 160 cm³/mol. The molecule has 0 N–H and O–H groups in total. The Morgan fingerprint density at radius 3 is 1.79 bits per heavy atom. The minimum Gasteiger partial charge on any atom is -0.307 e. The Morgan fingerprint density at radius 2 is 1.13 bits per heavy atom. The van der Waals surface area contributed by atoms with Gasteiger partial charge in [0.15, 0.2) is 0 Å². The summed E-state index contributed by atoms with van der Waals surface area (Å²) in [5.74, 6) is -0.286. The van der Waals surface area contributed by atoms with E-state index in [2.05, 4.69) is 36.9 Å². The first-order valence-corrected chi connectivity index (χ1v) is 12.7. The zero-order valence-corrected chi connectivity index (χ0v) is 20.9. The van der Waals surface area contributed by atoms with E-state index in [-0.39, 0.29) is 5.82 Å². The van der Waals surface area contributed by atoms with Crippen molar-refractivity contribution in [2.24, 2.45) is 0 Å². The number of para-hydroxylation sites is 1. The first-order chi connectivity index (χ1) is 18.7. The number of rotatable bonds is 6. The van der Waals surface area contributed by atoms with E-state index in [1.165, 1.54) is 0 Å². The van der Waals surface area contributed by atoms with Gasteiger partial charge in [-0.2, -0.15) is 0 Å². The highest BCUT2D eigenvalue weighted by Crippen LogP contribution is 2.46. The number of anilines is 3. The minimum absolute atomic E-state index is 0.286. The molecule has 0 aliphatic carbocycles. The third-order valence-corrected chi connectivity index (χ3v) is 6.89. The summed E-state index contributed by atoms with van der Waals surface area (Å²) in [6.07, 6.45) is 1.86. The van der Waals surface area contributed by atoms with Gasteiger partial charge in [0.05, 0.1) is 11.4 Å². The lowest BCUT2D eigenvalue weighted by Gasteiger charge is -2.30. The summed E-state index contributed by atoms with van der Waals surface area (Å²) in [5, 5.41) is 2.10. The average Bonchev–Trinajstić information content (AvgIpc) is 2.99. The Balaban J connectivity index is 1.69. The van der Waals surface area contributed by atoms with Gasteiger partial charge in [-0.05, 0) is 58.0 Å². The van der Waals surface area contributed by atoms with Crippen LogP contribution in [0.5, 0.6) is 0 Å². The number of fused-ring (bicyclic) bond motifs is 1. The lowest BCUT2D eigenvalue weighted by atomic mass is 9.95. The largest absolute Gasteiger partial charge is 0.307 e. The molecule has 0 bridgehead atoms. The molecule has 0 amide bonds. The summed E-state index contributed by atoms with van der Waals surface area (Å²) >= 11 is 0. The second-order valence-corrected chi connectivity index (χ2v) is 9.18. The normalized spacial score (nSPS) is 10.9. The summed E-state index contributed by atoms with van der Waals surface area (Å²) in [6, 6.07) is 46.1. The molecule has 0 saturated carbocycles. The van der Waals surface area contributed by atoms with E-state index in [0.717, 1.165) is 50.0 Å². The van der Waals surface area contributed by atoms with Crippen molar-refractivity contribution in [3.63, 3.8) is 0 Å². The van der Waals surface area contributed by atoms with E-state index in [4.69, 9.17) is 0 Å². The van der Waals surface area contributed by atoms with Crippen LogP contribution in [0, 0.1) is 5.82 Å². The maximum atomic E-state index is 16.6. The molecule has 0 atom stereocenters. The predicted octanol–water partition coefficient (Wildman–Crippen LogP) is 10.4. The second kappa shape index (κ2) is 10.2.